The van der Waals surface area contributed by atoms with Crippen LogP contribution in [0.4, 0.5) is 0 Å². The lowest BCUT2D eigenvalue weighted by Crippen LogP contribution is -1.87. The minimum Gasteiger partial charge on any atom is -0.436 e. The van der Waals surface area contributed by atoms with E-state index in [4.69, 9.17) is 18.8 Å². The molecule has 0 fully saturated rings. The van der Waals surface area contributed by atoms with Gasteiger partial charge in [-0.2, -0.15) is 0 Å². The molecule has 0 saturated carbocycles. The van der Waals surface area contributed by atoms with E-state index in [0.717, 1.165) is 56.9 Å². The predicted octanol–water partition coefficient (Wildman–Crippen LogP) is 10.7. The molecule has 204 valence electrons. The van der Waals surface area contributed by atoms with Gasteiger partial charge in [-0.25, -0.2) is 9.97 Å². The summed E-state index contributed by atoms with van der Waals surface area (Å²) in [7, 11) is 0. The zero-order valence-corrected chi connectivity index (χ0v) is 23.7. The molecule has 0 aliphatic heterocycles. The number of unbranched alkanes of at least 4 members (excludes halogenated alkanes) is 6. The van der Waals surface area contributed by atoms with Crippen molar-refractivity contribution >= 4 is 33.0 Å². The molecule has 2 aromatic heterocycles. The van der Waals surface area contributed by atoms with E-state index in [2.05, 4.69) is 86.6 Å². The molecule has 0 N–H and O–H groups in total. The van der Waals surface area contributed by atoms with Gasteiger partial charge in [-0.05, 0) is 84.0 Å². The molecule has 4 aromatic carbocycles. The number of aryl methyl sites for hydroxylation is 2. The molecule has 40 heavy (non-hydrogen) atoms. The Bertz CT molecular complexity index is 1740. The highest BCUT2D eigenvalue weighted by atomic mass is 16.4. The summed E-state index contributed by atoms with van der Waals surface area (Å²) < 4.78 is 12.5. The summed E-state index contributed by atoms with van der Waals surface area (Å²) >= 11 is 0. The van der Waals surface area contributed by atoms with Crippen LogP contribution in [0, 0.1) is 0 Å². The van der Waals surface area contributed by atoms with E-state index in [9.17, 15) is 0 Å². The molecule has 4 heteroatoms. The monoisotopic (exact) mass is 530 g/mol. The Morgan fingerprint density at radius 2 is 1.00 bits per heavy atom. The molecular weight excluding hydrogens is 492 g/mol. The van der Waals surface area contributed by atoms with Gasteiger partial charge in [0.05, 0.1) is 0 Å². The molecule has 0 atom stereocenters. The second-order valence-corrected chi connectivity index (χ2v) is 11.0. The van der Waals surface area contributed by atoms with Crippen molar-refractivity contribution in [3.63, 3.8) is 0 Å². The van der Waals surface area contributed by atoms with Gasteiger partial charge in [-0.3, -0.25) is 0 Å². The first-order valence-corrected chi connectivity index (χ1v) is 15.0. The van der Waals surface area contributed by atoms with Gasteiger partial charge in [0.25, 0.3) is 0 Å². The normalized spacial score (nSPS) is 11.8. The van der Waals surface area contributed by atoms with Gasteiger partial charge >= 0.3 is 0 Å². The first kappa shape index (κ1) is 26.3. The van der Waals surface area contributed by atoms with Crippen LogP contribution in [-0.2, 0) is 12.8 Å². The number of aromatic nitrogens is 2. The number of nitrogens with zero attached hydrogens (tertiary/aromatic N) is 2. The summed E-state index contributed by atoms with van der Waals surface area (Å²) in [6.45, 7) is 4.49. The zero-order valence-electron chi connectivity index (χ0n) is 23.7. The molecular formula is C36H38N2O2. The molecule has 0 saturated heterocycles. The quantitative estimate of drug-likeness (QED) is 0.148. The van der Waals surface area contributed by atoms with Crippen molar-refractivity contribution < 1.29 is 8.83 Å². The molecule has 0 aliphatic carbocycles. The highest BCUT2D eigenvalue weighted by Gasteiger charge is 2.17. The summed E-state index contributed by atoms with van der Waals surface area (Å²) in [5, 5.41) is 2.15. The largest absolute Gasteiger partial charge is 0.436 e. The summed E-state index contributed by atoms with van der Waals surface area (Å²) in [5.41, 5.74) is 8.08. The number of hydrogen-bond donors (Lipinski definition) is 0. The summed E-state index contributed by atoms with van der Waals surface area (Å²) in [5.74, 6) is 1.29. The van der Waals surface area contributed by atoms with E-state index < -0.39 is 0 Å². The van der Waals surface area contributed by atoms with Crippen molar-refractivity contribution in [1.29, 1.82) is 0 Å². The minimum atomic E-state index is 0.643. The Labute approximate surface area is 236 Å². The Kier molecular flexibility index (Phi) is 7.94. The van der Waals surface area contributed by atoms with Gasteiger partial charge in [0.1, 0.15) is 11.0 Å². The third kappa shape index (κ3) is 5.54. The molecule has 0 spiro atoms. The van der Waals surface area contributed by atoms with E-state index in [-0.39, 0.29) is 0 Å². The molecule has 0 aliphatic rings. The fraction of sp³-hybridized carbons (Fsp3) is 0.333. The van der Waals surface area contributed by atoms with Crippen molar-refractivity contribution in [2.24, 2.45) is 0 Å². The van der Waals surface area contributed by atoms with Gasteiger partial charge in [0.2, 0.25) is 11.8 Å². The first-order valence-electron chi connectivity index (χ1n) is 15.0. The second-order valence-electron chi connectivity index (χ2n) is 11.0. The average molecular weight is 531 g/mol. The van der Waals surface area contributed by atoms with Gasteiger partial charge in [0.15, 0.2) is 11.2 Å². The molecule has 6 aromatic rings. The zero-order chi connectivity index (χ0) is 27.3. The highest BCUT2D eigenvalue weighted by molar-refractivity contribution is 6.03. The first-order chi connectivity index (χ1) is 19.7. The molecule has 0 unspecified atom stereocenters. The SMILES string of the molecule is CCCCCCCc1ccc2oc(-c3ccc(-c4nc5cc(CCCCC)ccc5o4)c4ccccc34)nc2c1. The Hall–Kier alpha value is -3.92. The van der Waals surface area contributed by atoms with Crippen LogP contribution in [0.15, 0.2) is 81.6 Å². The van der Waals surface area contributed by atoms with Gasteiger partial charge in [-0.1, -0.05) is 88.8 Å². The fourth-order valence-corrected chi connectivity index (χ4v) is 5.67. The molecule has 0 amide bonds. The van der Waals surface area contributed by atoms with Crippen LogP contribution < -0.4 is 0 Å². The van der Waals surface area contributed by atoms with Crippen molar-refractivity contribution in [3.8, 4) is 22.9 Å². The van der Waals surface area contributed by atoms with E-state index in [1.165, 1.54) is 62.5 Å². The van der Waals surface area contributed by atoms with Crippen LogP contribution in [0.2, 0.25) is 0 Å². The van der Waals surface area contributed by atoms with E-state index >= 15 is 0 Å². The maximum atomic E-state index is 6.27. The third-order valence-corrected chi connectivity index (χ3v) is 7.93. The van der Waals surface area contributed by atoms with Crippen LogP contribution in [-0.4, -0.2) is 9.97 Å². The third-order valence-electron chi connectivity index (χ3n) is 7.93. The van der Waals surface area contributed by atoms with Crippen molar-refractivity contribution in [2.75, 3.05) is 0 Å². The molecule has 2 heterocycles. The van der Waals surface area contributed by atoms with Crippen molar-refractivity contribution in [1.82, 2.24) is 9.97 Å². The summed E-state index contributed by atoms with van der Waals surface area (Å²) in [6.07, 6.45) is 12.3. The molecule has 6 rings (SSSR count). The van der Waals surface area contributed by atoms with Crippen LogP contribution in [0.3, 0.4) is 0 Å². The topological polar surface area (TPSA) is 52.1 Å². The standard InChI is InChI=1S/C36H38N2O2/c1-3-5-7-8-10-14-26-18-22-34-32(24-26)38-36(40-34)30-20-19-29(27-15-11-12-16-28(27)30)35-37-31-23-25(13-9-6-4-2)17-21-33(31)39-35/h11-12,15-24H,3-10,13-14H2,1-2H3. The summed E-state index contributed by atoms with van der Waals surface area (Å²) in [6, 6.07) is 25.4. The predicted molar refractivity (Wildman–Crippen MR) is 166 cm³/mol. The van der Waals surface area contributed by atoms with Crippen LogP contribution in [0.5, 0.6) is 0 Å². The minimum absolute atomic E-state index is 0.643. The summed E-state index contributed by atoms with van der Waals surface area (Å²) in [4.78, 5) is 9.83. The Morgan fingerprint density at radius 3 is 1.52 bits per heavy atom. The molecule has 0 bridgehead atoms. The Balaban J connectivity index is 1.30. The molecule has 0 radical (unpaired) electrons. The second kappa shape index (κ2) is 12.1. The average Bonchev–Trinajstić information content (AvgIpc) is 3.60. The van der Waals surface area contributed by atoms with E-state index in [1.807, 2.05) is 0 Å². The van der Waals surface area contributed by atoms with Crippen LogP contribution in [0.1, 0.15) is 76.3 Å². The lowest BCUT2D eigenvalue weighted by atomic mass is 9.99. The smallest absolute Gasteiger partial charge is 0.227 e. The van der Waals surface area contributed by atoms with Crippen molar-refractivity contribution in [2.45, 2.75) is 78.1 Å². The van der Waals surface area contributed by atoms with E-state index in [1.54, 1.807) is 0 Å². The number of benzene rings is 4. The van der Waals surface area contributed by atoms with Gasteiger partial charge < -0.3 is 8.83 Å². The van der Waals surface area contributed by atoms with Crippen LogP contribution in [0.25, 0.3) is 55.9 Å². The van der Waals surface area contributed by atoms with Crippen molar-refractivity contribution in [3.05, 3.63) is 83.9 Å². The van der Waals surface area contributed by atoms with Gasteiger partial charge in [0, 0.05) is 11.1 Å². The number of oxazole rings is 2. The number of rotatable bonds is 12. The number of hydrogen-bond acceptors (Lipinski definition) is 4. The fourth-order valence-electron chi connectivity index (χ4n) is 5.67. The molecule has 4 nitrogen and oxygen atoms in total. The highest BCUT2D eigenvalue weighted by Crippen LogP contribution is 2.37. The number of fused-ring (bicyclic) bond motifs is 3. The van der Waals surface area contributed by atoms with E-state index in [0.29, 0.717) is 11.8 Å². The Morgan fingerprint density at radius 1 is 0.525 bits per heavy atom. The van der Waals surface area contributed by atoms with Crippen LogP contribution >= 0.6 is 0 Å². The lowest BCUT2D eigenvalue weighted by molar-refractivity contribution is 0.618. The maximum Gasteiger partial charge on any atom is 0.227 e. The lowest BCUT2D eigenvalue weighted by Gasteiger charge is -2.07. The van der Waals surface area contributed by atoms with Gasteiger partial charge in [-0.15, -0.1) is 0 Å². The maximum absolute atomic E-state index is 6.27.